The summed E-state index contributed by atoms with van der Waals surface area (Å²) in [7, 11) is 0. The van der Waals surface area contributed by atoms with E-state index in [1.54, 1.807) is 109 Å². The zero-order valence-corrected chi connectivity index (χ0v) is 25.6. The minimum atomic E-state index is -0.716. The van der Waals surface area contributed by atoms with E-state index in [4.69, 9.17) is 32.7 Å². The Morgan fingerprint density at radius 3 is 1.26 bits per heavy atom. The van der Waals surface area contributed by atoms with Gasteiger partial charge in [-0.25, -0.2) is 28.8 Å². The molecular weight excluding hydrogens is 647 g/mol. The normalized spacial score (nSPS) is 10.9. The number of carbonyl (C=O) groups is 6. The van der Waals surface area contributed by atoms with Crippen LogP contribution in [0.15, 0.2) is 133 Å². The molecule has 0 spiro atoms. The van der Waals surface area contributed by atoms with Crippen LogP contribution in [0.3, 0.4) is 0 Å². The van der Waals surface area contributed by atoms with Crippen molar-refractivity contribution in [2.75, 3.05) is 0 Å². The second kappa shape index (κ2) is 16.4. The number of carbonyl (C=O) groups excluding carboxylic acids is 6. The van der Waals surface area contributed by atoms with Gasteiger partial charge in [0, 0.05) is 10.0 Å². The van der Waals surface area contributed by atoms with Crippen LogP contribution >= 0.6 is 23.2 Å². The first kappa shape index (κ1) is 34.0. The van der Waals surface area contributed by atoms with Crippen LogP contribution in [0, 0.1) is 0 Å². The number of esters is 6. The summed E-state index contributed by atoms with van der Waals surface area (Å²) in [6.45, 7) is 0. The summed E-state index contributed by atoms with van der Waals surface area (Å²) in [5.41, 5.74) is 1.90. The van der Waals surface area contributed by atoms with Crippen LogP contribution in [0.5, 0.6) is 0 Å². The van der Waals surface area contributed by atoms with Gasteiger partial charge in [-0.05, 0) is 78.9 Å². The number of hydrogen-bond donors (Lipinski definition) is 0. The van der Waals surface area contributed by atoms with E-state index in [-0.39, 0.29) is 11.1 Å². The minimum Gasteiger partial charge on any atom is -0.386 e. The maximum atomic E-state index is 11.7. The van der Waals surface area contributed by atoms with Gasteiger partial charge in [-0.3, -0.25) is 0 Å². The van der Waals surface area contributed by atoms with Gasteiger partial charge in [0.1, 0.15) is 0 Å². The van der Waals surface area contributed by atoms with Gasteiger partial charge in [0.2, 0.25) is 0 Å². The molecule has 0 saturated carbocycles. The molecule has 0 N–H and O–H groups in total. The van der Waals surface area contributed by atoms with Crippen LogP contribution in [0.1, 0.15) is 62.1 Å². The van der Waals surface area contributed by atoms with Crippen molar-refractivity contribution in [2.45, 2.75) is 0 Å². The summed E-state index contributed by atoms with van der Waals surface area (Å²) >= 11 is 11.4. The van der Waals surface area contributed by atoms with Gasteiger partial charge >= 0.3 is 35.8 Å². The molecule has 11 heteroatoms. The Morgan fingerprint density at radius 1 is 0.426 bits per heavy atom. The van der Waals surface area contributed by atoms with Crippen LogP contribution in [-0.4, -0.2) is 35.8 Å². The summed E-state index contributed by atoms with van der Waals surface area (Å²) in [4.78, 5) is 68.3. The largest absolute Gasteiger partial charge is 0.386 e. The van der Waals surface area contributed by atoms with Crippen molar-refractivity contribution in [3.8, 4) is 0 Å². The highest BCUT2D eigenvalue weighted by molar-refractivity contribution is 6.31. The lowest BCUT2D eigenvalue weighted by Crippen LogP contribution is -2.12. The predicted molar refractivity (Wildman–Crippen MR) is 171 cm³/mol. The van der Waals surface area contributed by atoms with Gasteiger partial charge < -0.3 is 14.2 Å². The molecule has 234 valence electrons. The van der Waals surface area contributed by atoms with Gasteiger partial charge in [-0.2, -0.15) is 0 Å². The van der Waals surface area contributed by atoms with Crippen molar-refractivity contribution in [1.29, 1.82) is 0 Å². The highest BCUT2D eigenvalue weighted by Gasteiger charge is 2.28. The smallest absolute Gasteiger partial charge is 0.346 e. The molecule has 0 radical (unpaired) electrons. The third kappa shape index (κ3) is 9.79. The molecule has 0 amide bonds. The number of halogens is 2. The molecule has 1 aliphatic rings. The number of ether oxygens (including phenoxy) is 3. The molecule has 9 nitrogen and oxygen atoms in total. The third-order valence-corrected chi connectivity index (χ3v) is 6.57. The van der Waals surface area contributed by atoms with Gasteiger partial charge in [0.05, 0.1) is 33.4 Å². The topological polar surface area (TPSA) is 130 Å². The molecule has 6 rings (SSSR count). The lowest BCUT2D eigenvalue weighted by atomic mass is 10.1. The van der Waals surface area contributed by atoms with Crippen LogP contribution in [-0.2, 0) is 14.2 Å². The molecule has 0 aliphatic carbocycles. The van der Waals surface area contributed by atoms with Crippen LogP contribution in [0.4, 0.5) is 0 Å². The van der Waals surface area contributed by atoms with E-state index in [9.17, 15) is 28.8 Å². The van der Waals surface area contributed by atoms with Gasteiger partial charge in [0.15, 0.2) is 0 Å². The van der Waals surface area contributed by atoms with E-state index < -0.39 is 35.8 Å². The minimum absolute atomic E-state index is 0.242. The van der Waals surface area contributed by atoms with Crippen molar-refractivity contribution < 1.29 is 43.0 Å². The number of benzene rings is 5. The fraction of sp³-hybridized carbons (Fsp3) is 0. The summed E-state index contributed by atoms with van der Waals surface area (Å²) in [5, 5.41) is 0.928. The second-order valence-corrected chi connectivity index (χ2v) is 10.2. The Balaban J connectivity index is 0.000000164. The molecule has 0 bridgehead atoms. The highest BCUT2D eigenvalue weighted by atomic mass is 35.5. The van der Waals surface area contributed by atoms with Crippen molar-refractivity contribution in [2.24, 2.45) is 0 Å². The lowest BCUT2D eigenvalue weighted by Gasteiger charge is -2.03. The number of cyclic esters (lactones) is 2. The summed E-state index contributed by atoms with van der Waals surface area (Å²) in [5.74, 6) is -3.86. The van der Waals surface area contributed by atoms with E-state index in [1.807, 2.05) is 0 Å². The average Bonchev–Trinajstić information content (AvgIpc) is 3.39. The van der Waals surface area contributed by atoms with E-state index in [1.165, 1.54) is 24.3 Å². The zero-order valence-electron chi connectivity index (χ0n) is 24.1. The standard InChI is InChI=1S/2C14H9ClO3.C8H4O3/c15-12-8-4-7-11(9-12)14(17)18-13(16)10-5-2-1-3-6-10;15-12-8-6-11(7-9-12)14(17)18-13(16)10-4-2-1-3-5-10;9-7-5-3-1-2-4-6(5)8(10)11-7/h2*1-9H;1-4H. The van der Waals surface area contributed by atoms with Crippen LogP contribution < -0.4 is 0 Å². The van der Waals surface area contributed by atoms with Crippen LogP contribution in [0.25, 0.3) is 0 Å². The first-order valence-corrected chi connectivity index (χ1v) is 14.4. The Labute approximate surface area is 278 Å². The molecule has 47 heavy (non-hydrogen) atoms. The van der Waals surface area contributed by atoms with Gasteiger partial charge in [-0.15, -0.1) is 0 Å². The molecule has 5 aromatic carbocycles. The van der Waals surface area contributed by atoms with E-state index >= 15 is 0 Å². The molecular formula is C36H22Cl2O9. The maximum Gasteiger partial charge on any atom is 0.346 e. The summed E-state index contributed by atoms with van der Waals surface area (Å²) in [6, 6.07) is 35.5. The fourth-order valence-electron chi connectivity index (χ4n) is 3.79. The SMILES string of the molecule is O=C(OC(=O)c1ccc(Cl)cc1)c1ccccc1.O=C(OC(=O)c1cccc(Cl)c1)c1ccccc1.O=C1OC(=O)c2ccccc21. The van der Waals surface area contributed by atoms with Crippen LogP contribution in [0.2, 0.25) is 10.0 Å². The Hall–Kier alpha value is -5.90. The summed E-state index contributed by atoms with van der Waals surface area (Å²) in [6.07, 6.45) is 0. The molecule has 0 saturated heterocycles. The molecule has 5 aromatic rings. The lowest BCUT2D eigenvalue weighted by molar-refractivity contribution is 0.0380. The molecule has 0 unspecified atom stereocenters. The first-order valence-electron chi connectivity index (χ1n) is 13.6. The summed E-state index contributed by atoms with van der Waals surface area (Å²) < 4.78 is 13.8. The number of hydrogen-bond acceptors (Lipinski definition) is 9. The van der Waals surface area contributed by atoms with Crippen molar-refractivity contribution >= 4 is 59.0 Å². The highest BCUT2D eigenvalue weighted by Crippen LogP contribution is 2.18. The monoisotopic (exact) mass is 668 g/mol. The second-order valence-electron chi connectivity index (χ2n) is 9.33. The quantitative estimate of drug-likeness (QED) is 0.107. The van der Waals surface area contributed by atoms with E-state index in [0.29, 0.717) is 32.3 Å². The Morgan fingerprint density at radius 2 is 0.809 bits per heavy atom. The van der Waals surface area contributed by atoms with E-state index in [2.05, 4.69) is 4.74 Å². The third-order valence-electron chi connectivity index (χ3n) is 6.08. The molecule has 0 fully saturated rings. The Kier molecular flexibility index (Phi) is 11.9. The Bertz CT molecular complexity index is 1890. The van der Waals surface area contributed by atoms with Gasteiger partial charge in [0.25, 0.3) is 0 Å². The zero-order chi connectivity index (χ0) is 33.8. The number of fused-ring (bicyclic) bond motifs is 1. The molecule has 1 heterocycles. The average molecular weight is 669 g/mol. The maximum absolute atomic E-state index is 11.7. The van der Waals surface area contributed by atoms with Crippen molar-refractivity contribution in [1.82, 2.24) is 0 Å². The molecule has 0 aromatic heterocycles. The van der Waals surface area contributed by atoms with Crippen molar-refractivity contribution in [3.63, 3.8) is 0 Å². The fourth-order valence-corrected chi connectivity index (χ4v) is 4.10. The van der Waals surface area contributed by atoms with Gasteiger partial charge in [-0.1, -0.05) is 77.8 Å². The molecule has 0 atom stereocenters. The molecule has 1 aliphatic heterocycles. The van der Waals surface area contributed by atoms with Crippen molar-refractivity contribution in [3.05, 3.63) is 177 Å². The van der Waals surface area contributed by atoms with E-state index in [0.717, 1.165) is 0 Å². The predicted octanol–water partition coefficient (Wildman–Crippen LogP) is 7.67. The number of rotatable bonds is 4. The first-order chi connectivity index (χ1) is 22.6.